The summed E-state index contributed by atoms with van der Waals surface area (Å²) in [6.45, 7) is 5.94. The minimum Gasteiger partial charge on any atom is -0.477 e. The monoisotopic (exact) mass is 631 g/mol. The van der Waals surface area contributed by atoms with E-state index in [9.17, 15) is 39.5 Å². The molecule has 0 radical (unpaired) electrons. The number of carboxylic acid groups (broad SMARTS) is 1. The summed E-state index contributed by atoms with van der Waals surface area (Å²) < 4.78 is 5.56. The summed E-state index contributed by atoms with van der Waals surface area (Å²) in [5.74, 6) is -2.90. The maximum atomic E-state index is 13.8. The van der Waals surface area contributed by atoms with E-state index in [-0.39, 0.29) is 48.0 Å². The third-order valence-corrected chi connectivity index (χ3v) is 10.4. The van der Waals surface area contributed by atoms with Crippen molar-refractivity contribution < 1.29 is 39.1 Å². The van der Waals surface area contributed by atoms with Crippen molar-refractivity contribution in [1.82, 2.24) is 19.6 Å². The quantitative estimate of drug-likeness (QED) is 0.243. The Morgan fingerprint density at radius 2 is 1.86 bits per heavy atom. The van der Waals surface area contributed by atoms with E-state index in [0.29, 0.717) is 30.1 Å². The topological polar surface area (TPSA) is 174 Å². The summed E-state index contributed by atoms with van der Waals surface area (Å²) >= 11 is 1.27. The van der Waals surface area contributed by atoms with Crippen molar-refractivity contribution in [3.8, 4) is 0 Å². The van der Waals surface area contributed by atoms with Crippen molar-refractivity contribution in [2.24, 2.45) is 11.8 Å². The lowest BCUT2D eigenvalue weighted by Gasteiger charge is -2.46. The lowest BCUT2D eigenvalue weighted by Crippen LogP contribution is -2.63. The Kier molecular flexibility index (Phi) is 9.18. The molecule has 15 heteroatoms. The summed E-state index contributed by atoms with van der Waals surface area (Å²) in [6, 6.07) is 4.34. The third-order valence-electron chi connectivity index (χ3n) is 8.93. The second-order valence-electron chi connectivity index (χ2n) is 11.9. The molecule has 4 aliphatic rings. The van der Waals surface area contributed by atoms with Crippen LogP contribution in [-0.2, 0) is 25.7 Å². The molecule has 1 aromatic rings. The minimum absolute atomic E-state index is 0.0874. The molecule has 6 atom stereocenters. The molecule has 44 heavy (non-hydrogen) atoms. The predicted molar refractivity (Wildman–Crippen MR) is 158 cm³/mol. The first-order chi connectivity index (χ1) is 20.9. The smallest absolute Gasteiger partial charge is 0.410 e. The van der Waals surface area contributed by atoms with Gasteiger partial charge in [-0.05, 0) is 51.1 Å². The van der Waals surface area contributed by atoms with Crippen molar-refractivity contribution in [3.63, 3.8) is 0 Å². The van der Waals surface area contributed by atoms with Crippen molar-refractivity contribution in [2.75, 3.05) is 39.8 Å². The molecule has 0 saturated carbocycles. The van der Waals surface area contributed by atoms with Gasteiger partial charge in [0.2, 0.25) is 11.8 Å². The number of aliphatic hydroxyl groups is 1. The summed E-state index contributed by atoms with van der Waals surface area (Å²) in [6.07, 6.45) is -0.575. The summed E-state index contributed by atoms with van der Waals surface area (Å²) in [5.41, 5.74) is 0.355. The van der Waals surface area contributed by atoms with E-state index in [0.717, 1.165) is 13.0 Å². The van der Waals surface area contributed by atoms with E-state index in [2.05, 4.69) is 4.90 Å². The maximum Gasteiger partial charge on any atom is 0.410 e. The van der Waals surface area contributed by atoms with Gasteiger partial charge in [0.15, 0.2) is 0 Å². The van der Waals surface area contributed by atoms with Gasteiger partial charge in [-0.3, -0.25) is 24.6 Å². The molecule has 1 aromatic carbocycles. The number of carbonyl (C=O) groups excluding carboxylic acids is 3. The lowest BCUT2D eigenvalue weighted by molar-refractivity contribution is -0.384. The van der Waals surface area contributed by atoms with Gasteiger partial charge in [-0.25, -0.2) is 9.59 Å². The number of β-lactam (4-membered cyclic amide) rings is 1. The molecule has 3 saturated heterocycles. The Morgan fingerprint density at radius 3 is 2.50 bits per heavy atom. The van der Waals surface area contributed by atoms with E-state index in [4.69, 9.17) is 4.74 Å². The number of likely N-dealkylation sites (tertiary alicyclic amines) is 1. The fourth-order valence-corrected chi connectivity index (χ4v) is 8.12. The number of hydrogen-bond donors (Lipinski definition) is 2. The van der Waals surface area contributed by atoms with Crippen LogP contribution in [0.5, 0.6) is 0 Å². The number of aliphatic carboxylic acids is 1. The number of aliphatic hydroxyl groups excluding tert-OH is 1. The van der Waals surface area contributed by atoms with Gasteiger partial charge in [0.05, 0.1) is 23.0 Å². The summed E-state index contributed by atoms with van der Waals surface area (Å²) in [5, 5.41) is 30.8. The Hall–Kier alpha value is -3.69. The molecule has 3 fully saturated rings. The van der Waals surface area contributed by atoms with Crippen LogP contribution in [0.2, 0.25) is 0 Å². The highest BCUT2D eigenvalue weighted by molar-refractivity contribution is 8.03. The first kappa shape index (κ1) is 31.7. The van der Waals surface area contributed by atoms with Crippen LogP contribution in [0.15, 0.2) is 34.9 Å². The van der Waals surface area contributed by atoms with Crippen molar-refractivity contribution in [2.45, 2.75) is 56.7 Å². The maximum absolute atomic E-state index is 13.8. The van der Waals surface area contributed by atoms with Crippen LogP contribution >= 0.6 is 11.8 Å². The number of amides is 3. The van der Waals surface area contributed by atoms with E-state index in [1.807, 2.05) is 14.0 Å². The number of thioether (sulfide) groups is 1. The number of hydrogen-bond acceptors (Lipinski definition) is 10. The number of rotatable bonds is 8. The molecule has 5 rings (SSSR count). The van der Waals surface area contributed by atoms with E-state index in [1.54, 1.807) is 4.90 Å². The first-order valence-electron chi connectivity index (χ1n) is 14.7. The Labute approximate surface area is 258 Å². The fourth-order valence-electron chi connectivity index (χ4n) is 6.60. The van der Waals surface area contributed by atoms with E-state index in [1.165, 1.54) is 52.8 Å². The normalized spacial score (nSPS) is 28.0. The van der Waals surface area contributed by atoms with Crippen LogP contribution in [0.3, 0.4) is 0 Å². The third kappa shape index (κ3) is 6.00. The number of carboxylic acids is 1. The van der Waals surface area contributed by atoms with Gasteiger partial charge in [-0.15, -0.1) is 11.8 Å². The Morgan fingerprint density at radius 1 is 1.16 bits per heavy atom. The van der Waals surface area contributed by atoms with Crippen molar-refractivity contribution in [3.05, 3.63) is 50.5 Å². The van der Waals surface area contributed by atoms with Crippen molar-refractivity contribution in [1.29, 1.82) is 0 Å². The highest BCUT2D eigenvalue weighted by Crippen LogP contribution is 2.52. The van der Waals surface area contributed by atoms with E-state index >= 15 is 0 Å². The molecule has 0 unspecified atom stereocenters. The van der Waals surface area contributed by atoms with Gasteiger partial charge in [0, 0.05) is 54.4 Å². The largest absolute Gasteiger partial charge is 0.477 e. The summed E-state index contributed by atoms with van der Waals surface area (Å²) in [4.78, 5) is 69.9. The molecule has 0 bridgehead atoms. The fraction of sp³-hybridized carbons (Fsp3) is 0.586. The number of benzene rings is 1. The number of nitro groups is 1. The van der Waals surface area contributed by atoms with Gasteiger partial charge >= 0.3 is 12.1 Å². The highest BCUT2D eigenvalue weighted by Gasteiger charge is 2.60. The number of likely N-dealkylation sites (N-methyl/N-ethyl adjacent to an activating group) is 1. The SMILES string of the molecule is C[C@@H](O)[C@H]1C(=O)N2C(C(=O)O)=C(S[C@H]3C[C@@H](C(=O)N4CCCN(C)CC4)N(C(=O)OCc4ccc([N+](=O)[O-])cc4)C3)[C@H](C)[C@H]12. The van der Waals surface area contributed by atoms with Crippen LogP contribution in [0.4, 0.5) is 10.5 Å². The molecule has 2 N–H and O–H groups in total. The van der Waals surface area contributed by atoms with Crippen LogP contribution in [0.25, 0.3) is 0 Å². The first-order valence-corrected chi connectivity index (χ1v) is 15.6. The Bertz CT molecular complexity index is 1370. The molecule has 238 valence electrons. The zero-order chi connectivity index (χ0) is 31.9. The number of non-ortho nitro benzene ring substituents is 1. The molecule has 14 nitrogen and oxygen atoms in total. The average Bonchev–Trinajstić information content (AvgIpc) is 3.41. The van der Waals surface area contributed by atoms with Crippen LogP contribution < -0.4 is 0 Å². The number of ether oxygens (including phenoxy) is 1. The molecular weight excluding hydrogens is 594 g/mol. The van der Waals surface area contributed by atoms with E-state index < -0.39 is 47.0 Å². The van der Waals surface area contributed by atoms with Gasteiger partial charge < -0.3 is 29.6 Å². The molecule has 0 spiro atoms. The minimum atomic E-state index is -1.24. The predicted octanol–water partition coefficient (Wildman–Crippen LogP) is 1.73. The van der Waals surface area contributed by atoms with Gasteiger partial charge in [-0.1, -0.05) is 6.92 Å². The summed E-state index contributed by atoms with van der Waals surface area (Å²) in [7, 11) is 1.99. The van der Waals surface area contributed by atoms with Crippen LogP contribution in [0, 0.1) is 22.0 Å². The average molecular weight is 632 g/mol. The molecule has 0 aliphatic carbocycles. The molecular formula is C29H37N5O9S. The zero-order valence-electron chi connectivity index (χ0n) is 24.8. The van der Waals surface area contributed by atoms with Gasteiger partial charge in [0.1, 0.15) is 18.3 Å². The Balaban J connectivity index is 1.35. The number of nitrogens with zero attached hydrogens (tertiary/aromatic N) is 5. The molecule has 4 heterocycles. The second-order valence-corrected chi connectivity index (χ2v) is 13.2. The lowest BCUT2D eigenvalue weighted by atomic mass is 9.79. The molecule has 0 aromatic heterocycles. The van der Waals surface area contributed by atoms with Crippen molar-refractivity contribution >= 4 is 41.3 Å². The van der Waals surface area contributed by atoms with Crippen LogP contribution in [-0.4, -0.2) is 122 Å². The number of carbonyl (C=O) groups is 4. The van der Waals surface area contributed by atoms with Gasteiger partial charge in [0.25, 0.3) is 5.69 Å². The second kappa shape index (κ2) is 12.7. The number of nitro benzene ring substituents is 1. The molecule has 4 aliphatic heterocycles. The van der Waals surface area contributed by atoms with Gasteiger partial charge in [-0.2, -0.15) is 0 Å². The molecule has 3 amide bonds. The highest BCUT2D eigenvalue weighted by atomic mass is 32.2. The zero-order valence-corrected chi connectivity index (χ0v) is 25.6. The number of fused-ring (bicyclic) bond motifs is 1. The standard InChI is InChI=1S/C29H37N5O9S/c1-16-23-22(17(2)35)27(37)33(23)24(28(38)39)25(16)44-20-13-21(26(36)31-10-4-9-30(3)11-12-31)32(14-20)29(40)43-15-18-5-7-19(8-6-18)34(41)42/h5-8,16-17,20-23,35H,4,9-15H2,1-3H3,(H,38,39)/t16-,17-,20+,21+,22-,23-/m1/s1. The van der Waals surface area contributed by atoms with Crippen LogP contribution in [0.1, 0.15) is 32.3 Å².